The summed E-state index contributed by atoms with van der Waals surface area (Å²) < 4.78 is 0. The molecule has 0 saturated carbocycles. The van der Waals surface area contributed by atoms with Gasteiger partial charge in [0.05, 0.1) is 0 Å². The van der Waals surface area contributed by atoms with E-state index in [0.29, 0.717) is 5.69 Å². The van der Waals surface area contributed by atoms with Crippen molar-refractivity contribution in [2.45, 2.75) is 0 Å². The SMILES string of the molecule is O=NO.O=[N+]([O-])Nc1cccc2ccccc12. The van der Waals surface area contributed by atoms with Crippen molar-refractivity contribution in [1.29, 1.82) is 0 Å². The van der Waals surface area contributed by atoms with Crippen molar-refractivity contribution in [3.63, 3.8) is 0 Å². The number of fused-ring (bicyclic) bond motifs is 1. The van der Waals surface area contributed by atoms with Crippen LogP contribution in [0.2, 0.25) is 0 Å². The molecule has 0 aliphatic rings. The van der Waals surface area contributed by atoms with Crippen LogP contribution >= 0.6 is 0 Å². The van der Waals surface area contributed by atoms with Crippen molar-refractivity contribution >= 4 is 16.5 Å². The molecule has 0 heterocycles. The fourth-order valence-corrected chi connectivity index (χ4v) is 1.42. The molecule has 17 heavy (non-hydrogen) atoms. The molecule has 0 fully saturated rings. The van der Waals surface area contributed by atoms with Crippen LogP contribution in [0.1, 0.15) is 0 Å². The third kappa shape index (κ3) is 3.42. The van der Waals surface area contributed by atoms with Crippen LogP contribution in [0.5, 0.6) is 0 Å². The second kappa shape index (κ2) is 6.01. The van der Waals surface area contributed by atoms with E-state index in [0.717, 1.165) is 10.8 Å². The van der Waals surface area contributed by atoms with Crippen LogP contribution in [0.15, 0.2) is 47.8 Å². The Morgan fingerprint density at radius 2 is 1.76 bits per heavy atom. The molecule has 0 bridgehead atoms. The highest BCUT2D eigenvalue weighted by atomic mass is 16.7. The second-order valence-electron chi connectivity index (χ2n) is 2.98. The summed E-state index contributed by atoms with van der Waals surface area (Å²) in [5.74, 6) is 0. The molecule has 0 aliphatic heterocycles. The molecule has 0 aromatic heterocycles. The van der Waals surface area contributed by atoms with Crippen molar-refractivity contribution in [1.82, 2.24) is 0 Å². The van der Waals surface area contributed by atoms with Crippen molar-refractivity contribution in [3.05, 3.63) is 57.5 Å². The van der Waals surface area contributed by atoms with E-state index in [1.54, 1.807) is 12.1 Å². The fraction of sp³-hybridized carbons (Fsp3) is 0. The molecule has 0 unspecified atom stereocenters. The number of hydrogen-bond donors (Lipinski definition) is 2. The Balaban J connectivity index is 0.000000437. The third-order valence-electron chi connectivity index (χ3n) is 2.00. The van der Waals surface area contributed by atoms with Gasteiger partial charge < -0.3 is 5.21 Å². The zero-order chi connectivity index (χ0) is 12.7. The summed E-state index contributed by atoms with van der Waals surface area (Å²) in [4.78, 5) is 18.4. The summed E-state index contributed by atoms with van der Waals surface area (Å²) in [6.07, 6.45) is 0. The molecule has 2 rings (SSSR count). The van der Waals surface area contributed by atoms with Crippen LogP contribution < -0.4 is 5.43 Å². The zero-order valence-corrected chi connectivity index (χ0v) is 8.61. The standard InChI is InChI=1S/C10H8N2O2.HNO2/c13-12(14)11-10-7-3-5-8-4-1-2-6-9(8)10;2-1-3/h1-7,11H;(H,2,3). The van der Waals surface area contributed by atoms with E-state index >= 15 is 0 Å². The average Bonchev–Trinajstić information content (AvgIpc) is 2.30. The monoisotopic (exact) mass is 235 g/mol. The Labute approximate surface area is 95.7 Å². The van der Waals surface area contributed by atoms with E-state index in [9.17, 15) is 10.1 Å². The first-order valence-electron chi connectivity index (χ1n) is 4.54. The Kier molecular flexibility index (Phi) is 4.37. The highest BCUT2D eigenvalue weighted by Gasteiger charge is 2.03. The first-order valence-corrected chi connectivity index (χ1v) is 4.54. The van der Waals surface area contributed by atoms with Gasteiger partial charge in [-0.05, 0) is 11.5 Å². The minimum Gasteiger partial charge on any atom is -0.379 e. The average molecular weight is 235 g/mol. The maximum absolute atomic E-state index is 10.3. The summed E-state index contributed by atoms with van der Waals surface area (Å²) in [5.41, 5.74) is 2.69. The van der Waals surface area contributed by atoms with Crippen LogP contribution in [-0.4, -0.2) is 10.2 Å². The Morgan fingerprint density at radius 3 is 2.41 bits per heavy atom. The predicted molar refractivity (Wildman–Crippen MR) is 62.1 cm³/mol. The summed E-state index contributed by atoms with van der Waals surface area (Å²) >= 11 is 0. The van der Waals surface area contributed by atoms with Gasteiger partial charge in [0.15, 0.2) is 10.4 Å². The first kappa shape index (κ1) is 12.4. The van der Waals surface area contributed by atoms with Crippen molar-refractivity contribution < 1.29 is 10.2 Å². The quantitative estimate of drug-likeness (QED) is 0.472. The van der Waals surface area contributed by atoms with Gasteiger partial charge in [-0.3, -0.25) is 0 Å². The molecule has 0 atom stereocenters. The Bertz CT molecular complexity index is 524. The van der Waals surface area contributed by atoms with Crippen LogP contribution in [-0.2, 0) is 0 Å². The highest BCUT2D eigenvalue weighted by molar-refractivity contribution is 5.93. The molecule has 0 amide bonds. The lowest BCUT2D eigenvalue weighted by atomic mass is 10.1. The van der Waals surface area contributed by atoms with Gasteiger partial charge >= 0.3 is 0 Å². The van der Waals surface area contributed by atoms with Crippen molar-refractivity contribution in [3.8, 4) is 0 Å². The molecular weight excluding hydrogens is 226 g/mol. The van der Waals surface area contributed by atoms with Gasteiger partial charge in [0, 0.05) is 5.39 Å². The van der Waals surface area contributed by atoms with Crippen LogP contribution in [0, 0.1) is 15.0 Å². The number of nitrogens with zero attached hydrogens (tertiary/aromatic N) is 2. The number of nitrogens with one attached hydrogen (secondary N) is 1. The third-order valence-corrected chi connectivity index (χ3v) is 2.00. The van der Waals surface area contributed by atoms with Crippen molar-refractivity contribution in [2.75, 3.05) is 5.43 Å². The summed E-state index contributed by atoms with van der Waals surface area (Å²) in [6, 6.07) is 12.9. The number of hydrogen-bond acceptors (Lipinski definition) is 4. The topological polar surface area (TPSA) is 105 Å². The van der Waals surface area contributed by atoms with Gasteiger partial charge in [-0.1, -0.05) is 36.4 Å². The number of nitro groups is 1. The molecule has 7 heteroatoms. The van der Waals surface area contributed by atoms with E-state index in [1.807, 2.05) is 30.3 Å². The van der Waals surface area contributed by atoms with Crippen molar-refractivity contribution in [2.24, 2.45) is 5.34 Å². The molecule has 2 aromatic carbocycles. The number of hydrazine groups is 1. The zero-order valence-electron chi connectivity index (χ0n) is 8.61. The molecule has 0 spiro atoms. The van der Waals surface area contributed by atoms with Crippen LogP contribution in [0.3, 0.4) is 0 Å². The van der Waals surface area contributed by atoms with Gasteiger partial charge in [0.2, 0.25) is 0 Å². The Morgan fingerprint density at radius 1 is 1.18 bits per heavy atom. The molecule has 0 saturated heterocycles. The van der Waals surface area contributed by atoms with Crippen LogP contribution in [0.25, 0.3) is 10.8 Å². The molecular formula is C10H9N3O4. The summed E-state index contributed by atoms with van der Waals surface area (Å²) in [6.45, 7) is 0. The van der Waals surface area contributed by atoms with Gasteiger partial charge in [0.1, 0.15) is 5.69 Å². The van der Waals surface area contributed by atoms with Crippen LogP contribution in [0.4, 0.5) is 5.69 Å². The Hall–Kier alpha value is -2.70. The van der Waals surface area contributed by atoms with Gasteiger partial charge in [0.25, 0.3) is 0 Å². The lowest BCUT2D eigenvalue weighted by Crippen LogP contribution is -2.07. The molecule has 7 nitrogen and oxygen atoms in total. The minimum atomic E-state index is -0.554. The summed E-state index contributed by atoms with van der Waals surface area (Å²) in [5, 5.41) is 19.5. The van der Waals surface area contributed by atoms with Gasteiger partial charge in [-0.2, -0.15) is 0 Å². The molecule has 0 radical (unpaired) electrons. The second-order valence-corrected chi connectivity index (χ2v) is 2.98. The van der Waals surface area contributed by atoms with E-state index < -0.39 is 5.03 Å². The highest BCUT2D eigenvalue weighted by Crippen LogP contribution is 2.22. The molecule has 2 aromatic rings. The lowest BCUT2D eigenvalue weighted by Gasteiger charge is -2.02. The van der Waals surface area contributed by atoms with Gasteiger partial charge in [-0.15, -0.1) is 10.3 Å². The van der Waals surface area contributed by atoms with E-state index in [1.165, 1.54) is 5.34 Å². The number of rotatable bonds is 2. The van der Waals surface area contributed by atoms with Gasteiger partial charge in [-0.25, -0.2) is 10.1 Å². The van der Waals surface area contributed by atoms with E-state index in [2.05, 4.69) is 5.43 Å². The lowest BCUT2D eigenvalue weighted by molar-refractivity contribution is -0.445. The summed E-state index contributed by atoms with van der Waals surface area (Å²) in [7, 11) is 0. The fourth-order valence-electron chi connectivity index (χ4n) is 1.42. The largest absolute Gasteiger partial charge is 0.379 e. The number of anilines is 1. The molecule has 2 N–H and O–H groups in total. The maximum Gasteiger partial charge on any atom is 0.162 e. The smallest absolute Gasteiger partial charge is 0.162 e. The molecule has 88 valence electrons. The van der Waals surface area contributed by atoms with E-state index in [-0.39, 0.29) is 0 Å². The normalized spacial score (nSPS) is 8.94. The maximum atomic E-state index is 10.3. The number of benzene rings is 2. The minimum absolute atomic E-state index is 0.521. The van der Waals surface area contributed by atoms with E-state index in [4.69, 9.17) is 10.1 Å². The molecule has 0 aliphatic carbocycles. The predicted octanol–water partition coefficient (Wildman–Crippen LogP) is 2.59. The first-order chi connectivity index (χ1) is 8.19.